The minimum Gasteiger partial charge on any atom is -0.396 e. The molecule has 0 aliphatic heterocycles. The molecule has 3 heteroatoms. The second-order valence-corrected chi connectivity index (χ2v) is 6.17. The van der Waals surface area contributed by atoms with E-state index < -0.39 is 0 Å². The van der Waals surface area contributed by atoms with Crippen LogP contribution in [-0.2, 0) is 10.2 Å². The van der Waals surface area contributed by atoms with E-state index in [1.807, 2.05) is 30.1 Å². The van der Waals surface area contributed by atoms with Crippen LogP contribution in [0.5, 0.6) is 0 Å². The van der Waals surface area contributed by atoms with Crippen LogP contribution in [0.1, 0.15) is 50.5 Å². The lowest BCUT2D eigenvalue weighted by molar-refractivity contribution is -0.136. The number of amides is 1. The number of nitrogens with zero attached hydrogens (tertiary/aromatic N) is 1. The third-order valence-electron chi connectivity index (χ3n) is 4.69. The van der Waals surface area contributed by atoms with Gasteiger partial charge in [0, 0.05) is 20.2 Å². The molecular formula is C18H27NO2. The Morgan fingerprint density at radius 1 is 1.14 bits per heavy atom. The summed E-state index contributed by atoms with van der Waals surface area (Å²) in [7, 11) is 1.92. The van der Waals surface area contributed by atoms with E-state index in [-0.39, 0.29) is 17.9 Å². The van der Waals surface area contributed by atoms with Crippen molar-refractivity contribution in [2.24, 2.45) is 0 Å². The van der Waals surface area contributed by atoms with Crippen LogP contribution in [0.4, 0.5) is 0 Å². The Hall–Kier alpha value is -1.35. The van der Waals surface area contributed by atoms with Gasteiger partial charge >= 0.3 is 0 Å². The van der Waals surface area contributed by atoms with E-state index >= 15 is 0 Å². The molecule has 1 saturated carbocycles. The fourth-order valence-electron chi connectivity index (χ4n) is 3.47. The number of likely N-dealkylation sites (N-methyl/N-ethyl adjacent to an activating group) is 1. The molecule has 1 aromatic carbocycles. The van der Waals surface area contributed by atoms with Crippen molar-refractivity contribution in [1.82, 2.24) is 4.90 Å². The molecule has 3 nitrogen and oxygen atoms in total. The van der Waals surface area contributed by atoms with Crippen LogP contribution >= 0.6 is 0 Å². The first-order chi connectivity index (χ1) is 10.2. The summed E-state index contributed by atoms with van der Waals surface area (Å²) in [6.07, 6.45) is 6.98. The van der Waals surface area contributed by atoms with Gasteiger partial charge in [-0.05, 0) is 37.7 Å². The fraction of sp³-hybridized carbons (Fsp3) is 0.611. The smallest absolute Gasteiger partial charge is 0.232 e. The first-order valence-corrected chi connectivity index (χ1v) is 8.13. The summed E-state index contributed by atoms with van der Waals surface area (Å²) in [4.78, 5) is 14.9. The average molecular weight is 289 g/mol. The van der Waals surface area contributed by atoms with E-state index in [9.17, 15) is 4.79 Å². The minimum absolute atomic E-state index is 0.242. The summed E-state index contributed by atoms with van der Waals surface area (Å²) >= 11 is 0. The first kappa shape index (κ1) is 16.0. The number of benzene rings is 1. The zero-order valence-corrected chi connectivity index (χ0v) is 13.1. The molecule has 2 rings (SSSR count). The molecule has 0 bridgehead atoms. The predicted molar refractivity (Wildman–Crippen MR) is 85.2 cm³/mol. The Balaban J connectivity index is 2.06. The lowest BCUT2D eigenvalue weighted by atomic mass is 9.77. The van der Waals surface area contributed by atoms with E-state index in [4.69, 9.17) is 5.11 Å². The normalized spacial score (nSPS) is 16.9. The highest BCUT2D eigenvalue weighted by molar-refractivity contribution is 5.88. The maximum atomic E-state index is 13.0. The van der Waals surface area contributed by atoms with Gasteiger partial charge in [-0.3, -0.25) is 4.79 Å². The van der Waals surface area contributed by atoms with Crippen molar-refractivity contribution in [3.8, 4) is 0 Å². The van der Waals surface area contributed by atoms with Gasteiger partial charge in [-0.15, -0.1) is 0 Å². The van der Waals surface area contributed by atoms with Crippen LogP contribution in [0, 0.1) is 0 Å². The largest absolute Gasteiger partial charge is 0.396 e. The monoisotopic (exact) mass is 289 g/mol. The highest BCUT2D eigenvalue weighted by Gasteiger charge is 2.43. The highest BCUT2D eigenvalue weighted by atomic mass is 16.2. The number of hydrogen-bond donors (Lipinski definition) is 1. The molecule has 0 aromatic heterocycles. The molecule has 116 valence electrons. The standard InChI is InChI=1S/C18H27NO2/c1-19(14-8-3-9-15-20)17(21)18(12-6-7-13-18)16-10-4-2-5-11-16/h2,4-5,10-11,20H,3,6-9,12-15H2,1H3. The Morgan fingerprint density at radius 3 is 2.43 bits per heavy atom. The number of rotatable bonds is 7. The van der Waals surface area contributed by atoms with Gasteiger partial charge in [0.25, 0.3) is 0 Å². The number of carbonyl (C=O) groups is 1. The summed E-state index contributed by atoms with van der Waals surface area (Å²) in [5.74, 6) is 0.273. The van der Waals surface area contributed by atoms with Gasteiger partial charge < -0.3 is 10.0 Å². The van der Waals surface area contributed by atoms with Gasteiger partial charge in [0.2, 0.25) is 5.91 Å². The van der Waals surface area contributed by atoms with Crippen LogP contribution in [0.2, 0.25) is 0 Å². The molecule has 0 heterocycles. The summed E-state index contributed by atoms with van der Waals surface area (Å²) in [5.41, 5.74) is 0.877. The highest BCUT2D eigenvalue weighted by Crippen LogP contribution is 2.42. The summed E-state index contributed by atoms with van der Waals surface area (Å²) < 4.78 is 0. The topological polar surface area (TPSA) is 40.5 Å². The maximum absolute atomic E-state index is 13.0. The number of carbonyl (C=O) groups excluding carboxylic acids is 1. The number of aliphatic hydroxyl groups is 1. The van der Waals surface area contributed by atoms with Crippen molar-refractivity contribution in [3.05, 3.63) is 35.9 Å². The lowest BCUT2D eigenvalue weighted by Gasteiger charge is -2.33. The second kappa shape index (κ2) is 7.60. The van der Waals surface area contributed by atoms with Crippen LogP contribution < -0.4 is 0 Å². The van der Waals surface area contributed by atoms with Crippen molar-refractivity contribution in [2.45, 2.75) is 50.4 Å². The molecule has 0 spiro atoms. The minimum atomic E-state index is -0.299. The van der Waals surface area contributed by atoms with Gasteiger partial charge in [0.15, 0.2) is 0 Å². The van der Waals surface area contributed by atoms with E-state index in [1.165, 1.54) is 5.56 Å². The molecule has 0 saturated heterocycles. The Morgan fingerprint density at radius 2 is 1.81 bits per heavy atom. The predicted octanol–water partition coefficient (Wildman–Crippen LogP) is 3.12. The van der Waals surface area contributed by atoms with Crippen molar-refractivity contribution in [3.63, 3.8) is 0 Å². The van der Waals surface area contributed by atoms with Gasteiger partial charge in [0.1, 0.15) is 0 Å². The molecule has 1 aliphatic rings. The Labute approximate surface area is 128 Å². The summed E-state index contributed by atoms with van der Waals surface area (Å²) in [6, 6.07) is 10.3. The molecule has 1 amide bonds. The summed E-state index contributed by atoms with van der Waals surface area (Å²) in [5, 5.41) is 8.82. The van der Waals surface area contributed by atoms with Gasteiger partial charge in [-0.25, -0.2) is 0 Å². The molecule has 1 aromatic rings. The van der Waals surface area contributed by atoms with E-state index in [0.29, 0.717) is 0 Å². The molecular weight excluding hydrogens is 262 g/mol. The van der Waals surface area contributed by atoms with Gasteiger partial charge in [-0.1, -0.05) is 43.2 Å². The zero-order chi connectivity index (χ0) is 15.1. The summed E-state index contributed by atoms with van der Waals surface area (Å²) in [6.45, 7) is 1.03. The van der Waals surface area contributed by atoms with E-state index in [1.54, 1.807) is 0 Å². The number of hydrogen-bond acceptors (Lipinski definition) is 2. The second-order valence-electron chi connectivity index (χ2n) is 6.17. The maximum Gasteiger partial charge on any atom is 0.232 e. The van der Waals surface area contributed by atoms with Gasteiger partial charge in [0.05, 0.1) is 5.41 Å². The van der Waals surface area contributed by atoms with Crippen molar-refractivity contribution >= 4 is 5.91 Å². The zero-order valence-electron chi connectivity index (χ0n) is 13.1. The van der Waals surface area contributed by atoms with Crippen LogP contribution in [-0.4, -0.2) is 36.1 Å². The molecule has 0 unspecified atom stereocenters. The van der Waals surface area contributed by atoms with Crippen LogP contribution in [0.25, 0.3) is 0 Å². The molecule has 21 heavy (non-hydrogen) atoms. The molecule has 1 N–H and O–H groups in total. The lowest BCUT2D eigenvalue weighted by Crippen LogP contribution is -2.44. The first-order valence-electron chi connectivity index (χ1n) is 8.13. The van der Waals surface area contributed by atoms with E-state index in [2.05, 4.69) is 12.1 Å². The Kier molecular flexibility index (Phi) is 5.80. The molecule has 1 aliphatic carbocycles. The van der Waals surface area contributed by atoms with Crippen molar-refractivity contribution < 1.29 is 9.90 Å². The third-order valence-corrected chi connectivity index (χ3v) is 4.69. The van der Waals surface area contributed by atoms with Gasteiger partial charge in [-0.2, -0.15) is 0 Å². The number of unbranched alkanes of at least 4 members (excludes halogenated alkanes) is 2. The third kappa shape index (κ3) is 3.65. The van der Waals surface area contributed by atoms with Crippen molar-refractivity contribution in [1.29, 1.82) is 0 Å². The fourth-order valence-corrected chi connectivity index (χ4v) is 3.47. The quantitative estimate of drug-likeness (QED) is 0.784. The van der Waals surface area contributed by atoms with Crippen LogP contribution in [0.15, 0.2) is 30.3 Å². The SMILES string of the molecule is CN(CCCCCO)C(=O)C1(c2ccccc2)CCCC1. The molecule has 0 radical (unpaired) electrons. The molecule has 1 fully saturated rings. The van der Waals surface area contributed by atoms with Crippen LogP contribution in [0.3, 0.4) is 0 Å². The average Bonchev–Trinajstić information content (AvgIpc) is 3.02. The van der Waals surface area contributed by atoms with Crippen molar-refractivity contribution in [2.75, 3.05) is 20.2 Å². The number of aliphatic hydroxyl groups excluding tert-OH is 1. The Bertz CT molecular complexity index is 438. The van der Waals surface area contributed by atoms with E-state index in [0.717, 1.165) is 51.5 Å². The molecule has 0 atom stereocenters.